The molecule has 0 radical (unpaired) electrons. The Kier molecular flexibility index (Phi) is 4.68. The second-order valence-corrected chi connectivity index (χ2v) is 8.98. The van der Waals surface area contributed by atoms with Crippen LogP contribution in [0.3, 0.4) is 0 Å². The molecule has 1 aliphatic heterocycles. The maximum absolute atomic E-state index is 12.2. The molecule has 156 valence electrons. The number of nitrogens with one attached hydrogen (secondary N) is 2. The van der Waals surface area contributed by atoms with E-state index in [4.69, 9.17) is 5.10 Å². The van der Waals surface area contributed by atoms with Crippen molar-refractivity contribution in [2.24, 2.45) is 10.5 Å². The summed E-state index contributed by atoms with van der Waals surface area (Å²) in [6.45, 7) is 6.89. The van der Waals surface area contributed by atoms with Crippen LogP contribution in [0.2, 0.25) is 0 Å². The first kappa shape index (κ1) is 19.8. The van der Waals surface area contributed by atoms with Crippen molar-refractivity contribution in [3.63, 3.8) is 0 Å². The first-order valence-corrected chi connectivity index (χ1v) is 9.91. The van der Waals surface area contributed by atoms with E-state index < -0.39 is 11.6 Å². The van der Waals surface area contributed by atoms with Gasteiger partial charge in [-0.25, -0.2) is 19.8 Å². The Morgan fingerprint density at radius 1 is 1.33 bits per heavy atom. The number of nitrogens with zero attached hydrogens (tertiary/aromatic N) is 6. The SMILES string of the molecule is CC(C)(C)CN(N=C1CCC2(CC1)NC(=O)NC2=O)c1nc(C#N)cc2nccn12. The Labute approximate surface area is 174 Å². The third-order valence-corrected chi connectivity index (χ3v) is 5.30. The maximum Gasteiger partial charge on any atom is 0.322 e. The van der Waals surface area contributed by atoms with Gasteiger partial charge in [-0.15, -0.1) is 0 Å². The van der Waals surface area contributed by atoms with E-state index in [1.807, 2.05) is 9.41 Å². The summed E-state index contributed by atoms with van der Waals surface area (Å²) >= 11 is 0. The summed E-state index contributed by atoms with van der Waals surface area (Å²) in [7, 11) is 0. The molecule has 0 aromatic carbocycles. The second-order valence-electron chi connectivity index (χ2n) is 8.98. The van der Waals surface area contributed by atoms with E-state index in [0.717, 1.165) is 5.71 Å². The average molecular weight is 408 g/mol. The number of urea groups is 1. The number of hydrazone groups is 1. The lowest BCUT2D eigenvalue weighted by Gasteiger charge is -2.33. The zero-order valence-corrected chi connectivity index (χ0v) is 17.3. The van der Waals surface area contributed by atoms with Crippen LogP contribution in [0.25, 0.3) is 5.65 Å². The summed E-state index contributed by atoms with van der Waals surface area (Å²) < 4.78 is 1.81. The second kappa shape index (κ2) is 7.09. The van der Waals surface area contributed by atoms with Gasteiger partial charge in [-0.3, -0.25) is 14.5 Å². The van der Waals surface area contributed by atoms with E-state index in [1.54, 1.807) is 18.5 Å². The number of fused-ring (bicyclic) bond motifs is 1. The zero-order valence-electron chi connectivity index (χ0n) is 17.3. The van der Waals surface area contributed by atoms with Crippen LogP contribution in [-0.2, 0) is 4.79 Å². The topological polar surface area (TPSA) is 128 Å². The van der Waals surface area contributed by atoms with Crippen LogP contribution < -0.4 is 15.6 Å². The third-order valence-electron chi connectivity index (χ3n) is 5.30. The highest BCUT2D eigenvalue weighted by atomic mass is 16.2. The third kappa shape index (κ3) is 3.70. The lowest BCUT2D eigenvalue weighted by Crippen LogP contribution is -2.49. The van der Waals surface area contributed by atoms with Gasteiger partial charge in [0.25, 0.3) is 5.91 Å². The van der Waals surface area contributed by atoms with Crippen LogP contribution in [0.15, 0.2) is 23.6 Å². The molecule has 2 aliphatic rings. The number of hydrogen-bond acceptors (Lipinski definition) is 7. The van der Waals surface area contributed by atoms with Crippen molar-refractivity contribution in [1.29, 1.82) is 5.26 Å². The lowest BCUT2D eigenvalue weighted by atomic mass is 9.81. The van der Waals surface area contributed by atoms with Gasteiger partial charge in [0, 0.05) is 30.7 Å². The first-order chi connectivity index (χ1) is 14.2. The van der Waals surface area contributed by atoms with Crippen LogP contribution >= 0.6 is 0 Å². The predicted molar refractivity (Wildman–Crippen MR) is 110 cm³/mol. The monoisotopic (exact) mass is 408 g/mol. The summed E-state index contributed by atoms with van der Waals surface area (Å²) in [5, 5.41) is 21.2. The van der Waals surface area contributed by atoms with Crippen molar-refractivity contribution in [1.82, 2.24) is 25.0 Å². The Hall–Kier alpha value is -3.48. The minimum atomic E-state index is -0.832. The van der Waals surface area contributed by atoms with E-state index in [2.05, 4.69) is 47.4 Å². The summed E-state index contributed by atoms with van der Waals surface area (Å²) in [6, 6.07) is 3.29. The number of hydrogen-bond donors (Lipinski definition) is 2. The summed E-state index contributed by atoms with van der Waals surface area (Å²) in [5.41, 5.74) is 0.911. The smallest absolute Gasteiger partial charge is 0.322 e. The predicted octanol–water partition coefficient (Wildman–Crippen LogP) is 1.96. The molecule has 2 N–H and O–H groups in total. The number of rotatable bonds is 3. The van der Waals surface area contributed by atoms with Gasteiger partial charge < -0.3 is 5.32 Å². The maximum atomic E-state index is 12.2. The van der Waals surface area contributed by atoms with E-state index in [9.17, 15) is 14.9 Å². The molecular weight excluding hydrogens is 384 g/mol. The average Bonchev–Trinajstić information content (AvgIpc) is 3.25. The number of imide groups is 1. The highest BCUT2D eigenvalue weighted by Crippen LogP contribution is 2.31. The fraction of sp³-hybridized carbons (Fsp3) is 0.500. The molecule has 1 aliphatic carbocycles. The van der Waals surface area contributed by atoms with Gasteiger partial charge in [0.15, 0.2) is 0 Å². The van der Waals surface area contributed by atoms with Gasteiger partial charge in [0.2, 0.25) is 5.95 Å². The molecule has 0 unspecified atom stereocenters. The standard InChI is InChI=1S/C20H24N8O2/c1-19(2,3)12-28(18-23-14(11-21)10-15-22-8-9-27(15)18)26-13-4-6-20(7-5-13)16(29)24-17(30)25-20/h8-10H,4-7,12H2,1-3H3,(H2,24,25,29,30). The van der Waals surface area contributed by atoms with E-state index in [1.165, 1.54) is 0 Å². The van der Waals surface area contributed by atoms with Crippen molar-refractivity contribution in [3.8, 4) is 6.07 Å². The molecule has 2 aromatic heterocycles. The molecule has 10 heteroatoms. The number of carbonyl (C=O) groups excluding carboxylic acids is 2. The number of anilines is 1. The number of aromatic nitrogens is 3. The molecule has 10 nitrogen and oxygen atoms in total. The molecule has 1 saturated heterocycles. The molecule has 2 fully saturated rings. The van der Waals surface area contributed by atoms with Crippen LogP contribution in [0, 0.1) is 16.7 Å². The molecule has 2 aromatic rings. The molecule has 4 rings (SSSR count). The molecule has 3 amide bonds. The normalized spacial score (nSPS) is 21.5. The number of nitriles is 1. The van der Waals surface area contributed by atoms with Gasteiger partial charge in [-0.1, -0.05) is 20.8 Å². The Bertz CT molecular complexity index is 1080. The molecular formula is C20H24N8O2. The Morgan fingerprint density at radius 2 is 2.07 bits per heavy atom. The van der Waals surface area contributed by atoms with Crippen molar-refractivity contribution in [2.45, 2.75) is 52.0 Å². The largest absolute Gasteiger partial charge is 0.323 e. The van der Waals surface area contributed by atoms with Crippen molar-refractivity contribution in [3.05, 3.63) is 24.2 Å². The van der Waals surface area contributed by atoms with E-state index >= 15 is 0 Å². The Balaban J connectivity index is 1.67. The lowest BCUT2D eigenvalue weighted by molar-refractivity contribution is -0.124. The number of carbonyl (C=O) groups is 2. The minimum Gasteiger partial charge on any atom is -0.323 e. The Morgan fingerprint density at radius 3 is 2.67 bits per heavy atom. The molecule has 1 spiro atoms. The van der Waals surface area contributed by atoms with Crippen molar-refractivity contribution < 1.29 is 9.59 Å². The zero-order chi connectivity index (χ0) is 21.5. The fourth-order valence-electron chi connectivity index (χ4n) is 3.86. The molecule has 0 atom stereocenters. The molecule has 3 heterocycles. The van der Waals surface area contributed by atoms with Crippen LogP contribution in [0.1, 0.15) is 52.1 Å². The quantitative estimate of drug-likeness (QED) is 0.590. The van der Waals surface area contributed by atoms with Gasteiger partial charge in [0.05, 0.1) is 0 Å². The van der Waals surface area contributed by atoms with Gasteiger partial charge in [-0.05, 0) is 31.1 Å². The van der Waals surface area contributed by atoms with Gasteiger partial charge in [-0.2, -0.15) is 10.4 Å². The highest BCUT2D eigenvalue weighted by molar-refractivity contribution is 6.08. The minimum absolute atomic E-state index is 0.0868. The summed E-state index contributed by atoms with van der Waals surface area (Å²) in [5.74, 6) is 0.262. The van der Waals surface area contributed by atoms with Gasteiger partial charge in [0.1, 0.15) is 22.9 Å². The summed E-state index contributed by atoms with van der Waals surface area (Å²) in [4.78, 5) is 32.5. The van der Waals surface area contributed by atoms with Gasteiger partial charge >= 0.3 is 6.03 Å². The molecule has 30 heavy (non-hydrogen) atoms. The molecule has 0 bridgehead atoms. The first-order valence-electron chi connectivity index (χ1n) is 9.91. The summed E-state index contributed by atoms with van der Waals surface area (Å²) in [6.07, 6.45) is 5.62. The van der Waals surface area contributed by atoms with Crippen LogP contribution in [0.5, 0.6) is 0 Å². The van der Waals surface area contributed by atoms with E-state index in [-0.39, 0.29) is 17.0 Å². The van der Waals surface area contributed by atoms with Crippen molar-refractivity contribution in [2.75, 3.05) is 11.6 Å². The van der Waals surface area contributed by atoms with Crippen LogP contribution in [-0.4, -0.2) is 44.1 Å². The number of imidazole rings is 1. The van der Waals surface area contributed by atoms with E-state index in [0.29, 0.717) is 43.8 Å². The van der Waals surface area contributed by atoms with Crippen molar-refractivity contribution >= 4 is 29.2 Å². The number of amides is 3. The fourth-order valence-corrected chi connectivity index (χ4v) is 3.86. The van der Waals surface area contributed by atoms with Crippen LogP contribution in [0.4, 0.5) is 10.7 Å². The molecule has 1 saturated carbocycles. The highest BCUT2D eigenvalue weighted by Gasteiger charge is 2.47.